The van der Waals surface area contributed by atoms with Crippen LogP contribution in [0.15, 0.2) is 42.5 Å². The van der Waals surface area contributed by atoms with Crippen molar-refractivity contribution in [1.82, 2.24) is 4.31 Å². The van der Waals surface area contributed by atoms with Gasteiger partial charge < -0.3 is 5.32 Å². The standard InChI is InChI=1S/C21H25ClN2O3S/c1-15-5-3-4-6-18(15)14-28(26,27)24-11-9-17(10-12-24)21(25)23-20-13-19(22)8-7-16(20)2/h3-8,13,17H,9-12,14H2,1-2H3,(H,23,25). The number of nitrogens with one attached hydrogen (secondary N) is 1. The van der Waals surface area contributed by atoms with Gasteiger partial charge in [0.25, 0.3) is 0 Å². The third-order valence-corrected chi connectivity index (χ3v) is 7.34. The maximum absolute atomic E-state index is 12.8. The molecule has 28 heavy (non-hydrogen) atoms. The fourth-order valence-corrected chi connectivity index (χ4v) is 5.26. The number of nitrogens with zero attached hydrogens (tertiary/aromatic N) is 1. The normalized spacial score (nSPS) is 16.1. The first-order valence-electron chi connectivity index (χ1n) is 9.35. The topological polar surface area (TPSA) is 66.5 Å². The first-order chi connectivity index (χ1) is 13.3. The van der Waals surface area contributed by atoms with Crippen molar-refractivity contribution in [3.05, 3.63) is 64.2 Å². The maximum Gasteiger partial charge on any atom is 0.227 e. The largest absolute Gasteiger partial charge is 0.326 e. The Morgan fingerprint density at radius 1 is 1.11 bits per heavy atom. The molecule has 0 aromatic heterocycles. The van der Waals surface area contributed by atoms with E-state index in [2.05, 4.69) is 5.32 Å². The van der Waals surface area contributed by atoms with Crippen molar-refractivity contribution in [1.29, 1.82) is 0 Å². The Labute approximate surface area is 171 Å². The lowest BCUT2D eigenvalue weighted by atomic mass is 9.97. The molecule has 7 heteroatoms. The van der Waals surface area contributed by atoms with Crippen molar-refractivity contribution < 1.29 is 13.2 Å². The highest BCUT2D eigenvalue weighted by molar-refractivity contribution is 7.88. The van der Waals surface area contributed by atoms with Crippen LogP contribution in [0.3, 0.4) is 0 Å². The Hall–Kier alpha value is -1.89. The molecule has 1 fully saturated rings. The van der Waals surface area contributed by atoms with E-state index in [1.165, 1.54) is 4.31 Å². The third-order valence-electron chi connectivity index (χ3n) is 5.27. The summed E-state index contributed by atoms with van der Waals surface area (Å²) in [6, 6.07) is 12.9. The highest BCUT2D eigenvalue weighted by Gasteiger charge is 2.31. The van der Waals surface area contributed by atoms with E-state index in [-0.39, 0.29) is 17.6 Å². The van der Waals surface area contributed by atoms with Crippen LogP contribution in [0.1, 0.15) is 29.5 Å². The molecule has 0 radical (unpaired) electrons. The molecule has 1 aliphatic heterocycles. The minimum absolute atomic E-state index is 0.00174. The van der Waals surface area contributed by atoms with Gasteiger partial charge in [-0.15, -0.1) is 0 Å². The summed E-state index contributed by atoms with van der Waals surface area (Å²) in [6.07, 6.45) is 1.02. The fourth-order valence-electron chi connectivity index (χ4n) is 3.42. The molecule has 150 valence electrons. The molecule has 1 amide bonds. The van der Waals surface area contributed by atoms with Gasteiger partial charge in [0, 0.05) is 29.7 Å². The van der Waals surface area contributed by atoms with Gasteiger partial charge in [-0.05, 0) is 55.5 Å². The van der Waals surface area contributed by atoms with Crippen LogP contribution in [0.4, 0.5) is 5.69 Å². The number of sulfonamides is 1. The van der Waals surface area contributed by atoms with Gasteiger partial charge in [0.15, 0.2) is 0 Å². The van der Waals surface area contributed by atoms with E-state index in [1.807, 2.05) is 44.2 Å². The third kappa shape index (κ3) is 4.93. The summed E-state index contributed by atoms with van der Waals surface area (Å²) in [7, 11) is -3.40. The van der Waals surface area contributed by atoms with Gasteiger partial charge >= 0.3 is 0 Å². The molecular formula is C21H25ClN2O3S. The molecule has 0 unspecified atom stereocenters. The summed E-state index contributed by atoms with van der Waals surface area (Å²) in [6.45, 7) is 4.55. The number of carbonyl (C=O) groups excluding carboxylic acids is 1. The van der Waals surface area contributed by atoms with Crippen molar-refractivity contribution in [2.75, 3.05) is 18.4 Å². The van der Waals surface area contributed by atoms with E-state index in [4.69, 9.17) is 11.6 Å². The average molecular weight is 421 g/mol. The Bertz CT molecular complexity index is 967. The Kier molecular flexibility index (Phi) is 6.43. The predicted molar refractivity (Wildman–Crippen MR) is 113 cm³/mol. The second-order valence-electron chi connectivity index (χ2n) is 7.30. The molecule has 1 heterocycles. The van der Waals surface area contributed by atoms with Gasteiger partial charge in [-0.1, -0.05) is 41.9 Å². The lowest BCUT2D eigenvalue weighted by molar-refractivity contribution is -0.120. The molecule has 1 N–H and O–H groups in total. The second-order valence-corrected chi connectivity index (χ2v) is 9.71. The van der Waals surface area contributed by atoms with Crippen LogP contribution in [-0.2, 0) is 20.6 Å². The lowest BCUT2D eigenvalue weighted by Crippen LogP contribution is -2.42. The van der Waals surface area contributed by atoms with E-state index in [0.717, 1.165) is 16.7 Å². The summed E-state index contributed by atoms with van der Waals surface area (Å²) in [4.78, 5) is 12.6. The fraction of sp³-hybridized carbons (Fsp3) is 0.381. The van der Waals surface area contributed by atoms with Crippen LogP contribution in [0.25, 0.3) is 0 Å². The smallest absolute Gasteiger partial charge is 0.227 e. The molecule has 0 aliphatic carbocycles. The maximum atomic E-state index is 12.8. The van der Waals surface area contributed by atoms with Crippen LogP contribution < -0.4 is 5.32 Å². The summed E-state index contributed by atoms with van der Waals surface area (Å²) in [5, 5.41) is 3.50. The van der Waals surface area contributed by atoms with E-state index < -0.39 is 10.0 Å². The van der Waals surface area contributed by atoms with Gasteiger partial charge in [-0.2, -0.15) is 0 Å². The minimum atomic E-state index is -3.40. The van der Waals surface area contributed by atoms with Gasteiger partial charge in [0.05, 0.1) is 5.75 Å². The number of carbonyl (C=O) groups is 1. The second kappa shape index (κ2) is 8.64. The number of amides is 1. The number of aryl methyl sites for hydroxylation is 2. The number of hydrogen-bond donors (Lipinski definition) is 1. The van der Waals surface area contributed by atoms with Crippen LogP contribution in [0.2, 0.25) is 5.02 Å². The van der Waals surface area contributed by atoms with Crippen molar-refractivity contribution in [3.63, 3.8) is 0 Å². The molecule has 0 saturated carbocycles. The summed E-state index contributed by atoms with van der Waals surface area (Å²) in [5.74, 6) is -0.289. The zero-order valence-corrected chi connectivity index (χ0v) is 17.7. The van der Waals surface area contributed by atoms with Crippen LogP contribution in [0, 0.1) is 19.8 Å². The van der Waals surface area contributed by atoms with E-state index in [1.54, 1.807) is 12.1 Å². The molecule has 0 spiro atoms. The Morgan fingerprint density at radius 2 is 1.79 bits per heavy atom. The lowest BCUT2D eigenvalue weighted by Gasteiger charge is -2.30. The van der Waals surface area contributed by atoms with Crippen LogP contribution in [0.5, 0.6) is 0 Å². The number of halogens is 1. The van der Waals surface area contributed by atoms with E-state index >= 15 is 0 Å². The number of piperidine rings is 1. The SMILES string of the molecule is Cc1ccccc1CS(=O)(=O)N1CCC(C(=O)Nc2cc(Cl)ccc2C)CC1. The predicted octanol–water partition coefficient (Wildman–Crippen LogP) is 4.14. The molecule has 3 rings (SSSR count). The quantitative estimate of drug-likeness (QED) is 0.790. The number of benzene rings is 2. The molecule has 5 nitrogen and oxygen atoms in total. The first-order valence-corrected chi connectivity index (χ1v) is 11.3. The highest BCUT2D eigenvalue weighted by Crippen LogP contribution is 2.25. The molecule has 2 aromatic carbocycles. The van der Waals surface area contributed by atoms with Gasteiger partial charge in [0.2, 0.25) is 15.9 Å². The van der Waals surface area contributed by atoms with Crippen molar-refractivity contribution >= 4 is 33.2 Å². The molecule has 0 bridgehead atoms. The van der Waals surface area contributed by atoms with E-state index in [9.17, 15) is 13.2 Å². The van der Waals surface area contributed by atoms with Gasteiger partial charge in [-0.3, -0.25) is 4.79 Å². The number of hydrogen-bond acceptors (Lipinski definition) is 3. The average Bonchev–Trinajstić information content (AvgIpc) is 2.66. The Morgan fingerprint density at radius 3 is 2.46 bits per heavy atom. The van der Waals surface area contributed by atoms with Crippen molar-refractivity contribution in [2.45, 2.75) is 32.4 Å². The highest BCUT2D eigenvalue weighted by atomic mass is 35.5. The van der Waals surface area contributed by atoms with E-state index in [0.29, 0.717) is 36.6 Å². The number of rotatable bonds is 5. The molecule has 1 saturated heterocycles. The van der Waals surface area contributed by atoms with Crippen molar-refractivity contribution in [2.24, 2.45) is 5.92 Å². The van der Waals surface area contributed by atoms with Gasteiger partial charge in [0.1, 0.15) is 0 Å². The van der Waals surface area contributed by atoms with Crippen LogP contribution >= 0.6 is 11.6 Å². The summed E-state index contributed by atoms with van der Waals surface area (Å²) < 4.78 is 27.0. The minimum Gasteiger partial charge on any atom is -0.326 e. The monoisotopic (exact) mass is 420 g/mol. The first kappa shape index (κ1) is 20.8. The summed E-state index contributed by atoms with van der Waals surface area (Å²) in [5.41, 5.74) is 3.43. The number of anilines is 1. The summed E-state index contributed by atoms with van der Waals surface area (Å²) >= 11 is 6.01. The molecule has 0 atom stereocenters. The zero-order chi connectivity index (χ0) is 20.3. The Balaban J connectivity index is 1.60. The van der Waals surface area contributed by atoms with Crippen LogP contribution in [-0.4, -0.2) is 31.7 Å². The van der Waals surface area contributed by atoms with Gasteiger partial charge in [-0.25, -0.2) is 12.7 Å². The molecule has 1 aliphatic rings. The van der Waals surface area contributed by atoms with Crippen molar-refractivity contribution in [3.8, 4) is 0 Å². The molecular weight excluding hydrogens is 396 g/mol. The molecule has 2 aromatic rings. The zero-order valence-electron chi connectivity index (χ0n) is 16.1.